The fourth-order valence-electron chi connectivity index (χ4n) is 3.64. The molecule has 4 rings (SSSR count). The summed E-state index contributed by atoms with van der Waals surface area (Å²) in [6.45, 7) is 7.79. The molecule has 0 bridgehead atoms. The topological polar surface area (TPSA) is 57.0 Å². The molecule has 0 amide bonds. The van der Waals surface area contributed by atoms with E-state index in [9.17, 15) is 0 Å². The molecule has 3 aromatic rings. The van der Waals surface area contributed by atoms with Gasteiger partial charge in [0.2, 0.25) is 0 Å². The fourth-order valence-corrected chi connectivity index (χ4v) is 4.43. The van der Waals surface area contributed by atoms with Crippen molar-refractivity contribution in [1.29, 1.82) is 0 Å². The van der Waals surface area contributed by atoms with Crippen LogP contribution >= 0.6 is 11.3 Å². The first-order valence-corrected chi connectivity index (χ1v) is 10.9. The normalized spacial score (nSPS) is 15.9. The summed E-state index contributed by atoms with van der Waals surface area (Å²) in [4.78, 5) is 11.9. The van der Waals surface area contributed by atoms with Gasteiger partial charge in [-0.05, 0) is 56.3 Å². The number of imidazole rings is 1. The van der Waals surface area contributed by atoms with Crippen LogP contribution in [0.2, 0.25) is 0 Å². The van der Waals surface area contributed by atoms with Crippen LogP contribution in [0.5, 0.6) is 0 Å². The first-order valence-electron chi connectivity index (χ1n) is 10.00. The molecule has 0 spiro atoms. The Hall–Kier alpha value is -2.54. The minimum Gasteiger partial charge on any atom is -0.363 e. The summed E-state index contributed by atoms with van der Waals surface area (Å²) < 4.78 is 2.12. The van der Waals surface area contributed by atoms with Crippen LogP contribution < -0.4 is 15.5 Å². The van der Waals surface area contributed by atoms with E-state index >= 15 is 0 Å². The monoisotopic (exact) mass is 396 g/mol. The van der Waals surface area contributed by atoms with Crippen molar-refractivity contribution in [2.24, 2.45) is 4.99 Å². The molecule has 148 valence electrons. The number of aliphatic imine (C=N–C) groups is 1. The molecule has 3 aromatic heterocycles. The van der Waals surface area contributed by atoms with Crippen LogP contribution in [-0.2, 0) is 6.54 Å². The maximum Gasteiger partial charge on any atom is 0.191 e. The number of pyridine rings is 1. The van der Waals surface area contributed by atoms with E-state index < -0.39 is 0 Å². The quantitative estimate of drug-likeness (QED) is 0.512. The van der Waals surface area contributed by atoms with Crippen LogP contribution in [0.25, 0.3) is 5.65 Å². The van der Waals surface area contributed by atoms with Crippen molar-refractivity contribution < 1.29 is 0 Å². The van der Waals surface area contributed by atoms with Crippen LogP contribution in [0.3, 0.4) is 0 Å². The number of anilines is 1. The van der Waals surface area contributed by atoms with Gasteiger partial charge in [-0.1, -0.05) is 6.07 Å². The number of aromatic nitrogens is 2. The van der Waals surface area contributed by atoms with E-state index in [-0.39, 0.29) is 0 Å². The highest BCUT2D eigenvalue weighted by Crippen LogP contribution is 2.24. The van der Waals surface area contributed by atoms with Gasteiger partial charge in [-0.25, -0.2) is 9.98 Å². The molecule has 1 fully saturated rings. The largest absolute Gasteiger partial charge is 0.363 e. The Kier molecular flexibility index (Phi) is 5.81. The molecule has 1 aliphatic rings. The van der Waals surface area contributed by atoms with Crippen molar-refractivity contribution >= 4 is 27.9 Å². The Morgan fingerprint density at radius 3 is 2.82 bits per heavy atom. The summed E-state index contributed by atoms with van der Waals surface area (Å²) in [7, 11) is 0. The maximum atomic E-state index is 4.78. The third kappa shape index (κ3) is 4.30. The molecule has 1 aliphatic heterocycles. The van der Waals surface area contributed by atoms with Crippen molar-refractivity contribution in [3.8, 4) is 0 Å². The van der Waals surface area contributed by atoms with E-state index in [0.29, 0.717) is 12.6 Å². The molecule has 28 heavy (non-hydrogen) atoms. The lowest BCUT2D eigenvalue weighted by Crippen LogP contribution is -2.48. The number of rotatable bonds is 5. The van der Waals surface area contributed by atoms with Gasteiger partial charge in [-0.3, -0.25) is 0 Å². The Morgan fingerprint density at radius 1 is 1.25 bits per heavy atom. The first kappa shape index (κ1) is 18.8. The lowest BCUT2D eigenvalue weighted by molar-refractivity contribution is 0.463. The van der Waals surface area contributed by atoms with Crippen LogP contribution in [0.4, 0.5) is 5.00 Å². The van der Waals surface area contributed by atoms with Gasteiger partial charge >= 0.3 is 0 Å². The molecule has 1 saturated heterocycles. The van der Waals surface area contributed by atoms with Crippen LogP contribution in [-0.4, -0.2) is 41.0 Å². The van der Waals surface area contributed by atoms with E-state index in [1.807, 2.05) is 23.5 Å². The number of nitrogens with zero attached hydrogens (tertiary/aromatic N) is 4. The summed E-state index contributed by atoms with van der Waals surface area (Å²) in [6, 6.07) is 11.0. The zero-order valence-corrected chi connectivity index (χ0v) is 17.4. The second-order valence-corrected chi connectivity index (χ2v) is 8.11. The van der Waals surface area contributed by atoms with Crippen LogP contribution in [0.15, 0.2) is 46.9 Å². The highest BCUT2D eigenvalue weighted by molar-refractivity contribution is 7.14. The van der Waals surface area contributed by atoms with E-state index in [0.717, 1.165) is 49.8 Å². The number of hydrogen-bond donors (Lipinski definition) is 2. The highest BCUT2D eigenvalue weighted by Gasteiger charge is 2.20. The Labute approximate surface area is 170 Å². The van der Waals surface area contributed by atoms with E-state index in [2.05, 4.69) is 68.5 Å². The van der Waals surface area contributed by atoms with Crippen LogP contribution in [0.1, 0.15) is 31.2 Å². The number of guanidine groups is 1. The molecule has 0 aromatic carbocycles. The van der Waals surface area contributed by atoms with Gasteiger partial charge < -0.3 is 19.9 Å². The average Bonchev–Trinajstić information content (AvgIpc) is 3.37. The van der Waals surface area contributed by atoms with Gasteiger partial charge in [0.05, 0.1) is 17.2 Å². The SMILES string of the molecule is CCNC(=NCc1cn2c(C)cccc2n1)NC1CCN(c2cccs2)CC1. The number of aryl methyl sites for hydroxylation is 1. The predicted molar refractivity (Wildman–Crippen MR) is 117 cm³/mol. The van der Waals surface area contributed by atoms with Gasteiger partial charge in [0.1, 0.15) is 5.65 Å². The fraction of sp³-hybridized carbons (Fsp3) is 0.429. The Morgan fingerprint density at radius 2 is 2.11 bits per heavy atom. The molecule has 0 saturated carbocycles. The van der Waals surface area contributed by atoms with Crippen molar-refractivity contribution in [1.82, 2.24) is 20.0 Å². The minimum absolute atomic E-state index is 0.456. The maximum absolute atomic E-state index is 4.78. The van der Waals surface area contributed by atoms with Crippen LogP contribution in [0, 0.1) is 6.92 Å². The summed E-state index contributed by atoms with van der Waals surface area (Å²) in [6.07, 6.45) is 4.32. The molecule has 6 nitrogen and oxygen atoms in total. The third-order valence-electron chi connectivity index (χ3n) is 5.14. The minimum atomic E-state index is 0.456. The molecule has 0 aliphatic carbocycles. The number of thiophene rings is 1. The van der Waals surface area contributed by atoms with Crippen molar-refractivity contribution in [3.63, 3.8) is 0 Å². The number of piperidine rings is 1. The number of hydrogen-bond acceptors (Lipinski definition) is 4. The molecular formula is C21H28N6S. The number of fused-ring (bicyclic) bond motifs is 1. The molecule has 2 N–H and O–H groups in total. The molecule has 0 atom stereocenters. The van der Waals surface area contributed by atoms with Crippen molar-refractivity contribution in [2.45, 2.75) is 39.3 Å². The summed E-state index contributed by atoms with van der Waals surface area (Å²) in [5.74, 6) is 0.880. The smallest absolute Gasteiger partial charge is 0.191 e. The standard InChI is InChI=1S/C21H28N6S/c1-3-22-21(23-14-18-15-27-16(2)6-4-7-19(27)24-18)25-17-9-11-26(12-10-17)20-8-5-13-28-20/h4-8,13,15,17H,3,9-12,14H2,1-2H3,(H2,22,23,25). The molecule has 7 heteroatoms. The Bertz CT molecular complexity index is 922. The lowest BCUT2D eigenvalue weighted by Gasteiger charge is -2.33. The predicted octanol–water partition coefficient (Wildman–Crippen LogP) is 3.43. The summed E-state index contributed by atoms with van der Waals surface area (Å²) in [5.41, 5.74) is 3.14. The molecule has 0 unspecified atom stereocenters. The zero-order chi connectivity index (χ0) is 19.3. The van der Waals surface area contributed by atoms with Gasteiger partial charge in [-0.2, -0.15) is 0 Å². The third-order valence-corrected chi connectivity index (χ3v) is 6.07. The number of nitrogens with one attached hydrogen (secondary N) is 2. The summed E-state index contributed by atoms with van der Waals surface area (Å²) >= 11 is 1.82. The van der Waals surface area contributed by atoms with Crippen molar-refractivity contribution in [2.75, 3.05) is 24.5 Å². The van der Waals surface area contributed by atoms with E-state index in [1.54, 1.807) is 0 Å². The summed E-state index contributed by atoms with van der Waals surface area (Å²) in [5, 5.41) is 10.5. The van der Waals surface area contributed by atoms with Crippen molar-refractivity contribution in [3.05, 3.63) is 53.3 Å². The van der Waals surface area contributed by atoms with Gasteiger partial charge in [0.15, 0.2) is 5.96 Å². The van der Waals surface area contributed by atoms with Gasteiger partial charge in [0.25, 0.3) is 0 Å². The zero-order valence-electron chi connectivity index (χ0n) is 16.6. The lowest BCUT2D eigenvalue weighted by atomic mass is 10.1. The Balaban J connectivity index is 1.37. The second-order valence-electron chi connectivity index (χ2n) is 7.18. The molecule has 4 heterocycles. The average molecular weight is 397 g/mol. The van der Waals surface area contributed by atoms with Gasteiger partial charge in [-0.15, -0.1) is 11.3 Å². The molecular weight excluding hydrogens is 368 g/mol. The first-order chi connectivity index (χ1) is 13.7. The molecule has 0 radical (unpaired) electrons. The van der Waals surface area contributed by atoms with E-state index in [4.69, 9.17) is 4.99 Å². The highest BCUT2D eigenvalue weighted by atomic mass is 32.1. The van der Waals surface area contributed by atoms with E-state index in [1.165, 1.54) is 10.7 Å². The second kappa shape index (κ2) is 8.65. The van der Waals surface area contributed by atoms with Gasteiger partial charge in [0, 0.05) is 37.6 Å².